The van der Waals surface area contributed by atoms with Gasteiger partial charge in [-0.05, 0) is 111 Å². The molecule has 3 saturated heterocycles. The first-order valence-corrected chi connectivity index (χ1v) is 23.7. The summed E-state index contributed by atoms with van der Waals surface area (Å²) in [5.74, 6) is -0.933. The molecule has 3 heterocycles. The van der Waals surface area contributed by atoms with E-state index in [1.165, 1.54) is 6.92 Å². The Morgan fingerprint density at radius 2 is 1.41 bits per heavy atom. The lowest BCUT2D eigenvalue weighted by atomic mass is 9.33. The Bertz CT molecular complexity index is 1760. The van der Waals surface area contributed by atoms with Crippen LogP contribution in [-0.2, 0) is 33.2 Å². The minimum atomic E-state index is -1.89. The van der Waals surface area contributed by atoms with Crippen LogP contribution in [0, 0.1) is 50.7 Å². The number of allylic oxidation sites excluding steroid dienone is 1. The number of aliphatic hydroxyl groups is 10. The number of esters is 1. The van der Waals surface area contributed by atoms with Crippen molar-refractivity contribution in [3.63, 3.8) is 0 Å². The van der Waals surface area contributed by atoms with Gasteiger partial charge in [0.2, 0.25) is 6.29 Å². The van der Waals surface area contributed by atoms with Gasteiger partial charge < -0.3 is 79.5 Å². The third-order valence-electron chi connectivity index (χ3n) is 19.3. The molecule has 0 amide bonds. The van der Waals surface area contributed by atoms with E-state index in [9.17, 15) is 51.1 Å². The van der Waals surface area contributed by atoms with E-state index in [0.29, 0.717) is 37.5 Å². The van der Waals surface area contributed by atoms with Crippen molar-refractivity contribution in [2.24, 2.45) is 50.7 Å². The minimum Gasteiger partial charge on any atom is -0.432 e. The Kier molecular flexibility index (Phi) is 13.0. The molecule has 8 rings (SSSR count). The first-order chi connectivity index (χ1) is 29.8. The maximum atomic E-state index is 15.4. The van der Waals surface area contributed by atoms with Crippen LogP contribution < -0.4 is 0 Å². The normalized spacial score (nSPS) is 56.1. The van der Waals surface area contributed by atoms with Crippen LogP contribution in [0.1, 0.15) is 113 Å². The van der Waals surface area contributed by atoms with Gasteiger partial charge in [-0.1, -0.05) is 53.2 Å². The maximum Gasteiger partial charge on any atom is 0.315 e. The Morgan fingerprint density at radius 3 is 2.11 bits per heavy atom. The van der Waals surface area contributed by atoms with Crippen molar-refractivity contribution in [3.8, 4) is 0 Å². The van der Waals surface area contributed by atoms with E-state index in [4.69, 9.17) is 28.4 Å². The number of carbonyl (C=O) groups excluding carboxylic acids is 1. The molecule has 366 valence electrons. The molecule has 17 nitrogen and oxygen atoms in total. The van der Waals surface area contributed by atoms with Gasteiger partial charge in [-0.2, -0.15) is 0 Å². The Balaban J connectivity index is 1.12. The monoisotopic (exact) mass is 913 g/mol. The second-order valence-corrected chi connectivity index (χ2v) is 22.7. The highest BCUT2D eigenvalue weighted by Crippen LogP contribution is 2.76. The van der Waals surface area contributed by atoms with Crippen LogP contribution in [0.2, 0.25) is 0 Å². The van der Waals surface area contributed by atoms with Crippen LogP contribution >= 0.6 is 0 Å². The summed E-state index contributed by atoms with van der Waals surface area (Å²) >= 11 is 0. The molecule has 0 bridgehead atoms. The molecule has 64 heavy (non-hydrogen) atoms. The van der Waals surface area contributed by atoms with E-state index in [2.05, 4.69) is 40.7 Å². The lowest BCUT2D eigenvalue weighted by Crippen LogP contribution is -2.68. The molecule has 8 aliphatic rings. The number of carbonyl (C=O) groups is 1. The van der Waals surface area contributed by atoms with Crippen LogP contribution in [0.25, 0.3) is 0 Å². The standard InChI is InChI=1S/C47H76O17/c1-21-11-16-47(18-17-44(6)23(37(47)46(21,8)58)9-10-27-43(5)14-13-28(49)42(3,4)26(43)12-15-45(27,44)7)41(57)64-40-36(63-39-35(56)32(53)29(50)22(2)61-39)33(54)31(52)25(62-40)20-60-38-34(55)30(51)24(48)19-59-38/h9,21-22,24-40,48-56,58H,10-20H2,1-8H3/t21-,22+,24-,25-,26-,27+,28+,29+,30+,31-,32-,33+,34-,35-,36-,37+,38+,39+,40+,43+,44-,45-,46-,47+/m1/s1. The van der Waals surface area contributed by atoms with Gasteiger partial charge in [-0.25, -0.2) is 0 Å². The van der Waals surface area contributed by atoms with Crippen LogP contribution in [-0.4, -0.2) is 168 Å². The topological polar surface area (TPSA) is 275 Å². The van der Waals surface area contributed by atoms with Gasteiger partial charge in [0, 0.05) is 5.92 Å². The minimum absolute atomic E-state index is 0.0284. The summed E-state index contributed by atoms with van der Waals surface area (Å²) < 4.78 is 35.4. The van der Waals surface area contributed by atoms with Crippen molar-refractivity contribution in [2.75, 3.05) is 13.2 Å². The van der Waals surface area contributed by atoms with Crippen molar-refractivity contribution in [1.82, 2.24) is 0 Å². The zero-order valence-corrected chi connectivity index (χ0v) is 38.7. The summed E-state index contributed by atoms with van der Waals surface area (Å²) in [5.41, 5.74) is -2.43. The van der Waals surface area contributed by atoms with Gasteiger partial charge in [0.25, 0.3) is 0 Å². The number of aliphatic hydroxyl groups excluding tert-OH is 9. The van der Waals surface area contributed by atoms with Crippen molar-refractivity contribution in [3.05, 3.63) is 11.6 Å². The molecular weight excluding hydrogens is 837 g/mol. The Morgan fingerprint density at radius 1 is 0.719 bits per heavy atom. The highest BCUT2D eigenvalue weighted by Gasteiger charge is 2.72. The molecule has 3 aliphatic heterocycles. The SMILES string of the molecule is C[C@@H]1O[C@@H](O[C@H]2[C@H](OC(=O)[C@]34CC[C@@H](C)[C@@](C)(O)[C@@H]3C3=CC[C@H]5[C@@]6(C)CC[C@H](O)C(C)(C)[C@H]6CC[C@@]5(C)[C@]3(C)CC4)O[C@H](CO[C@@H]3OC[C@@H](O)[C@H](O)[C@H]3O)[C@@H](O)[C@@H]2O)[C@H](O)[C@H](O)[C@H]1O. The fourth-order valence-corrected chi connectivity index (χ4v) is 14.7. The average Bonchev–Trinajstić information content (AvgIpc) is 3.23. The first kappa shape index (κ1) is 49.0. The number of hydrogen-bond acceptors (Lipinski definition) is 17. The van der Waals surface area contributed by atoms with E-state index >= 15 is 4.79 Å². The van der Waals surface area contributed by atoms with Gasteiger partial charge in [-0.3, -0.25) is 4.79 Å². The number of ether oxygens (including phenoxy) is 6. The quantitative estimate of drug-likeness (QED) is 0.125. The maximum absolute atomic E-state index is 15.4. The molecule has 4 saturated carbocycles. The molecule has 17 heteroatoms. The fourth-order valence-electron chi connectivity index (χ4n) is 14.7. The fraction of sp³-hybridized carbons (Fsp3) is 0.936. The lowest BCUT2D eigenvalue weighted by molar-refractivity contribution is -0.365. The summed E-state index contributed by atoms with van der Waals surface area (Å²) in [6, 6.07) is 0. The summed E-state index contributed by atoms with van der Waals surface area (Å²) in [7, 11) is 0. The number of rotatable bonds is 7. The molecule has 0 radical (unpaired) electrons. The van der Waals surface area contributed by atoms with Gasteiger partial charge >= 0.3 is 5.97 Å². The van der Waals surface area contributed by atoms with Gasteiger partial charge in [-0.15, -0.1) is 0 Å². The van der Waals surface area contributed by atoms with Gasteiger partial charge in [0.15, 0.2) is 18.7 Å². The Hall–Kier alpha value is -1.39. The third kappa shape index (κ3) is 7.31. The van der Waals surface area contributed by atoms with Crippen molar-refractivity contribution < 1.29 is 84.3 Å². The first-order valence-electron chi connectivity index (χ1n) is 23.7. The second-order valence-electron chi connectivity index (χ2n) is 22.7. The lowest BCUT2D eigenvalue weighted by Gasteiger charge is -2.71. The molecular formula is C47H76O17. The molecule has 0 spiro atoms. The number of hydrogen-bond donors (Lipinski definition) is 10. The predicted octanol–water partition coefficient (Wildman–Crippen LogP) is 0.778. The smallest absolute Gasteiger partial charge is 0.315 e. The molecule has 0 aromatic heterocycles. The molecule has 0 unspecified atom stereocenters. The Labute approximate surface area is 376 Å². The summed E-state index contributed by atoms with van der Waals surface area (Å²) in [6.45, 7) is 15.9. The van der Waals surface area contributed by atoms with Crippen molar-refractivity contribution >= 4 is 5.97 Å². The van der Waals surface area contributed by atoms with Crippen molar-refractivity contribution in [1.29, 1.82) is 0 Å². The molecule has 24 atom stereocenters. The second kappa shape index (κ2) is 16.9. The predicted molar refractivity (Wildman–Crippen MR) is 224 cm³/mol. The number of fused-ring (bicyclic) bond motifs is 7. The average molecular weight is 913 g/mol. The summed E-state index contributed by atoms with van der Waals surface area (Å²) in [4.78, 5) is 15.4. The third-order valence-corrected chi connectivity index (χ3v) is 19.3. The van der Waals surface area contributed by atoms with E-state index in [1.54, 1.807) is 0 Å². The van der Waals surface area contributed by atoms with Gasteiger partial charge in [0.1, 0.15) is 54.9 Å². The molecule has 0 aromatic rings. The van der Waals surface area contributed by atoms with Crippen LogP contribution in [0.15, 0.2) is 11.6 Å². The van der Waals surface area contributed by atoms with Gasteiger partial charge in [0.05, 0.1) is 36.4 Å². The van der Waals surface area contributed by atoms with E-state index in [1.807, 2.05) is 13.8 Å². The van der Waals surface area contributed by atoms with E-state index in [0.717, 1.165) is 37.7 Å². The molecule has 5 aliphatic carbocycles. The van der Waals surface area contributed by atoms with Crippen LogP contribution in [0.4, 0.5) is 0 Å². The van der Waals surface area contributed by atoms with E-state index in [-0.39, 0.29) is 34.9 Å². The highest BCUT2D eigenvalue weighted by atomic mass is 16.8. The zero-order chi connectivity index (χ0) is 46.9. The molecule has 10 N–H and O–H groups in total. The zero-order valence-electron chi connectivity index (χ0n) is 38.7. The highest BCUT2D eigenvalue weighted by molar-refractivity contribution is 5.79. The molecule has 7 fully saturated rings. The molecule has 0 aromatic carbocycles. The largest absolute Gasteiger partial charge is 0.432 e. The van der Waals surface area contributed by atoms with Crippen LogP contribution in [0.3, 0.4) is 0 Å². The summed E-state index contributed by atoms with van der Waals surface area (Å²) in [6.07, 6.45) is -14.3. The summed E-state index contributed by atoms with van der Waals surface area (Å²) in [5, 5.41) is 110. The van der Waals surface area contributed by atoms with Crippen LogP contribution in [0.5, 0.6) is 0 Å². The van der Waals surface area contributed by atoms with E-state index < -0.39 is 121 Å². The van der Waals surface area contributed by atoms with Crippen molar-refractivity contribution in [2.45, 2.75) is 211 Å².